The van der Waals surface area contributed by atoms with Gasteiger partial charge in [-0.2, -0.15) is 15.2 Å². The zero-order chi connectivity index (χ0) is 21.4. The van der Waals surface area contributed by atoms with Crippen molar-refractivity contribution in [1.82, 2.24) is 29.4 Å². The third-order valence-electron chi connectivity index (χ3n) is 5.11. The van der Waals surface area contributed by atoms with Gasteiger partial charge < -0.3 is 14.8 Å². The second kappa shape index (κ2) is 7.95. The van der Waals surface area contributed by atoms with Gasteiger partial charge in [-0.25, -0.2) is 9.50 Å². The van der Waals surface area contributed by atoms with Crippen LogP contribution in [0.3, 0.4) is 0 Å². The molecule has 10 heteroatoms. The third-order valence-corrected chi connectivity index (χ3v) is 5.11. The molecule has 31 heavy (non-hydrogen) atoms. The third kappa shape index (κ3) is 3.81. The Bertz CT molecular complexity index is 1240. The molecule has 10 nitrogen and oxygen atoms in total. The number of hydrogen-bond donors (Lipinski definition) is 1. The highest BCUT2D eigenvalue weighted by Crippen LogP contribution is 2.27. The molecular formula is C21H23N7O3. The molecule has 1 amide bonds. The first-order valence-electron chi connectivity index (χ1n) is 10.3. The molecule has 1 N–H and O–H groups in total. The SMILES string of the molecule is CC(C)Oc1nc2nn([C@@H]3CCCOC3)cc2cc1C(=O)Nc1cnn2cccnc12. The fourth-order valence-electron chi connectivity index (χ4n) is 3.66. The predicted molar refractivity (Wildman–Crippen MR) is 113 cm³/mol. The van der Waals surface area contributed by atoms with Crippen molar-refractivity contribution in [2.45, 2.75) is 38.8 Å². The van der Waals surface area contributed by atoms with Crippen molar-refractivity contribution in [1.29, 1.82) is 0 Å². The van der Waals surface area contributed by atoms with Crippen molar-refractivity contribution in [3.8, 4) is 5.88 Å². The van der Waals surface area contributed by atoms with Gasteiger partial charge in [0.05, 0.1) is 24.9 Å². The molecule has 160 valence electrons. The summed E-state index contributed by atoms with van der Waals surface area (Å²) in [6.45, 7) is 5.19. The molecule has 0 saturated carbocycles. The van der Waals surface area contributed by atoms with Crippen molar-refractivity contribution < 1.29 is 14.3 Å². The Morgan fingerprint density at radius 2 is 2.29 bits per heavy atom. The van der Waals surface area contributed by atoms with Crippen LogP contribution in [0.5, 0.6) is 5.88 Å². The second-order valence-electron chi connectivity index (χ2n) is 7.80. The minimum Gasteiger partial charge on any atom is -0.474 e. The summed E-state index contributed by atoms with van der Waals surface area (Å²) in [6.07, 6.45) is 8.74. The van der Waals surface area contributed by atoms with Gasteiger partial charge >= 0.3 is 0 Å². The minimum absolute atomic E-state index is 0.149. The normalized spacial score (nSPS) is 16.8. The summed E-state index contributed by atoms with van der Waals surface area (Å²) in [5, 5.41) is 12.5. The van der Waals surface area contributed by atoms with Crippen LogP contribution in [0.25, 0.3) is 16.7 Å². The van der Waals surface area contributed by atoms with E-state index in [-0.39, 0.29) is 23.9 Å². The molecule has 1 aliphatic rings. The zero-order valence-electron chi connectivity index (χ0n) is 17.4. The van der Waals surface area contributed by atoms with Gasteiger partial charge in [-0.1, -0.05) is 0 Å². The first-order valence-corrected chi connectivity index (χ1v) is 10.3. The zero-order valence-corrected chi connectivity index (χ0v) is 17.4. The Morgan fingerprint density at radius 3 is 3.10 bits per heavy atom. The summed E-state index contributed by atoms with van der Waals surface area (Å²) in [5.74, 6) is -0.103. The van der Waals surface area contributed by atoms with E-state index in [1.807, 2.05) is 24.7 Å². The number of carbonyl (C=O) groups excluding carboxylic acids is 1. The second-order valence-corrected chi connectivity index (χ2v) is 7.80. The van der Waals surface area contributed by atoms with Crippen molar-refractivity contribution in [3.63, 3.8) is 0 Å². The molecule has 0 aliphatic carbocycles. The van der Waals surface area contributed by atoms with Gasteiger partial charge in [-0.3, -0.25) is 9.48 Å². The average molecular weight is 421 g/mol. The molecule has 0 spiro atoms. The maximum atomic E-state index is 13.2. The number of nitrogens with zero attached hydrogens (tertiary/aromatic N) is 6. The molecule has 4 aromatic heterocycles. The van der Waals surface area contributed by atoms with Gasteiger partial charge in [0.15, 0.2) is 11.3 Å². The lowest BCUT2D eigenvalue weighted by atomic mass is 10.1. The summed E-state index contributed by atoms with van der Waals surface area (Å²) in [6, 6.07) is 3.70. The Kier molecular flexibility index (Phi) is 4.99. The predicted octanol–water partition coefficient (Wildman–Crippen LogP) is 2.87. The lowest BCUT2D eigenvalue weighted by molar-refractivity contribution is 0.0551. The van der Waals surface area contributed by atoms with E-state index in [4.69, 9.17) is 9.47 Å². The van der Waals surface area contributed by atoms with Crippen molar-refractivity contribution >= 4 is 28.3 Å². The Balaban J connectivity index is 1.51. The standard InChI is InChI=1S/C21H23N7O3/c1-13(2)31-21-16(20(29)24-17-10-23-27-7-4-6-22-19(17)27)9-14-11-28(26-18(14)25-21)15-5-3-8-30-12-15/h4,6-7,9-11,13,15H,3,5,8,12H2,1-2H3,(H,24,29)/t15-/m1/s1. The summed E-state index contributed by atoms with van der Waals surface area (Å²) in [5.41, 5.74) is 1.93. The van der Waals surface area contributed by atoms with E-state index in [1.54, 1.807) is 35.2 Å². The molecule has 1 aliphatic heterocycles. The number of nitrogens with one attached hydrogen (secondary N) is 1. The number of carbonyl (C=O) groups is 1. The lowest BCUT2D eigenvalue weighted by Gasteiger charge is -2.21. The molecule has 1 atom stereocenters. The van der Waals surface area contributed by atoms with Crippen LogP contribution in [0.1, 0.15) is 43.1 Å². The molecule has 1 saturated heterocycles. The van der Waals surface area contributed by atoms with Gasteiger partial charge in [-0.05, 0) is 38.8 Å². The number of rotatable bonds is 5. The van der Waals surface area contributed by atoms with Crippen LogP contribution in [-0.2, 0) is 4.74 Å². The monoisotopic (exact) mass is 421 g/mol. The summed E-state index contributed by atoms with van der Waals surface area (Å²) >= 11 is 0. The number of hydrogen-bond acceptors (Lipinski definition) is 7. The number of ether oxygens (including phenoxy) is 2. The number of amides is 1. The highest BCUT2D eigenvalue weighted by atomic mass is 16.5. The van der Waals surface area contributed by atoms with Crippen molar-refractivity contribution in [2.75, 3.05) is 18.5 Å². The summed E-state index contributed by atoms with van der Waals surface area (Å²) in [4.78, 5) is 22.0. The first-order chi connectivity index (χ1) is 15.1. The Morgan fingerprint density at radius 1 is 1.39 bits per heavy atom. The molecular weight excluding hydrogens is 398 g/mol. The maximum absolute atomic E-state index is 13.2. The fraction of sp³-hybridized carbons (Fsp3) is 0.381. The smallest absolute Gasteiger partial charge is 0.261 e. The number of aromatic nitrogens is 6. The maximum Gasteiger partial charge on any atom is 0.261 e. The highest BCUT2D eigenvalue weighted by molar-refractivity contribution is 6.08. The van der Waals surface area contributed by atoms with Crippen LogP contribution < -0.4 is 10.1 Å². The van der Waals surface area contributed by atoms with E-state index < -0.39 is 0 Å². The fourth-order valence-corrected chi connectivity index (χ4v) is 3.66. The molecule has 5 rings (SSSR count). The first kappa shape index (κ1) is 19.4. The van der Waals surface area contributed by atoms with Gasteiger partial charge in [-0.15, -0.1) is 0 Å². The van der Waals surface area contributed by atoms with E-state index in [1.165, 1.54) is 0 Å². The van der Waals surface area contributed by atoms with E-state index in [9.17, 15) is 4.79 Å². The highest BCUT2D eigenvalue weighted by Gasteiger charge is 2.22. The van der Waals surface area contributed by atoms with E-state index in [0.717, 1.165) is 24.8 Å². The largest absolute Gasteiger partial charge is 0.474 e. The molecule has 0 bridgehead atoms. The molecule has 1 fully saturated rings. The van der Waals surface area contributed by atoms with Crippen molar-refractivity contribution in [2.24, 2.45) is 0 Å². The number of fused-ring (bicyclic) bond motifs is 2. The van der Waals surface area contributed by atoms with Crippen LogP contribution in [0.2, 0.25) is 0 Å². The molecule has 0 aromatic carbocycles. The Hall–Kier alpha value is -3.53. The topological polar surface area (TPSA) is 108 Å². The van der Waals surface area contributed by atoms with Gasteiger partial charge in [0.1, 0.15) is 11.3 Å². The van der Waals surface area contributed by atoms with Crippen LogP contribution in [0, 0.1) is 0 Å². The van der Waals surface area contributed by atoms with E-state index in [2.05, 4.69) is 25.5 Å². The van der Waals surface area contributed by atoms with E-state index in [0.29, 0.717) is 29.2 Å². The van der Waals surface area contributed by atoms with Crippen LogP contribution >= 0.6 is 0 Å². The Labute approximate surface area is 178 Å². The molecule has 0 unspecified atom stereocenters. The van der Waals surface area contributed by atoms with Gasteiger partial charge in [0, 0.05) is 30.6 Å². The van der Waals surface area contributed by atoms with Gasteiger partial charge in [0.25, 0.3) is 5.91 Å². The number of pyridine rings is 1. The van der Waals surface area contributed by atoms with Crippen LogP contribution in [0.4, 0.5) is 5.69 Å². The minimum atomic E-state index is -0.348. The summed E-state index contributed by atoms with van der Waals surface area (Å²) < 4.78 is 14.9. The van der Waals surface area contributed by atoms with Crippen LogP contribution in [-0.4, -0.2) is 54.6 Å². The van der Waals surface area contributed by atoms with Crippen LogP contribution in [0.15, 0.2) is 36.9 Å². The van der Waals surface area contributed by atoms with Crippen molar-refractivity contribution in [3.05, 3.63) is 42.5 Å². The quantitative estimate of drug-likeness (QED) is 0.528. The van der Waals surface area contributed by atoms with Gasteiger partial charge in [0.2, 0.25) is 5.88 Å². The van der Waals surface area contributed by atoms with E-state index >= 15 is 0 Å². The summed E-state index contributed by atoms with van der Waals surface area (Å²) in [7, 11) is 0. The molecule has 5 heterocycles. The molecule has 4 aromatic rings. The number of anilines is 1. The average Bonchev–Trinajstić information content (AvgIpc) is 3.37. The lowest BCUT2D eigenvalue weighted by Crippen LogP contribution is -2.21. The molecule has 0 radical (unpaired) electrons.